The first-order valence-corrected chi connectivity index (χ1v) is 7.03. The minimum Gasteiger partial charge on any atom is -0.363 e. The van der Waals surface area contributed by atoms with Crippen molar-refractivity contribution in [2.24, 2.45) is 13.0 Å². The van der Waals surface area contributed by atoms with Crippen molar-refractivity contribution in [3.63, 3.8) is 0 Å². The Kier molecular flexibility index (Phi) is 3.95. The van der Waals surface area contributed by atoms with Crippen LogP contribution in [0.15, 0.2) is 6.20 Å². The van der Waals surface area contributed by atoms with Gasteiger partial charge in [-0.25, -0.2) is 0 Å². The van der Waals surface area contributed by atoms with Crippen LogP contribution in [-0.4, -0.2) is 35.0 Å². The molecule has 1 aliphatic heterocycles. The van der Waals surface area contributed by atoms with Crippen molar-refractivity contribution in [2.45, 2.75) is 46.2 Å². The number of hydrogen-bond acceptors (Lipinski definition) is 3. The summed E-state index contributed by atoms with van der Waals surface area (Å²) in [7, 11) is 2.00. The third-order valence-corrected chi connectivity index (χ3v) is 3.99. The maximum Gasteiger partial charge on any atom is 0.0827 e. The van der Waals surface area contributed by atoms with E-state index in [-0.39, 0.29) is 0 Å². The Bertz CT molecular complexity index is 396. The molecule has 1 N–H and O–H groups in total. The summed E-state index contributed by atoms with van der Waals surface area (Å²) in [4.78, 5) is 2.55. The lowest BCUT2D eigenvalue weighted by atomic mass is 9.97. The number of hydrogen-bond donors (Lipinski definition) is 1. The fourth-order valence-corrected chi connectivity index (χ4v) is 2.85. The van der Waals surface area contributed by atoms with Crippen LogP contribution in [0.2, 0.25) is 0 Å². The lowest BCUT2D eigenvalue weighted by Crippen LogP contribution is -2.58. The molecular weight excluding hydrogens is 224 g/mol. The van der Waals surface area contributed by atoms with Crippen molar-refractivity contribution in [2.75, 3.05) is 18.0 Å². The maximum absolute atomic E-state index is 4.49. The predicted octanol–water partition coefficient (Wildman–Crippen LogP) is 1.94. The lowest BCUT2D eigenvalue weighted by Gasteiger charge is -2.43. The number of rotatable bonds is 3. The van der Waals surface area contributed by atoms with Gasteiger partial charge in [-0.2, -0.15) is 5.10 Å². The Hall–Kier alpha value is -1.03. The molecule has 1 aliphatic rings. The number of aryl methyl sites for hydroxylation is 2. The monoisotopic (exact) mass is 250 g/mol. The Morgan fingerprint density at radius 1 is 1.50 bits per heavy atom. The van der Waals surface area contributed by atoms with Gasteiger partial charge in [-0.3, -0.25) is 4.68 Å². The van der Waals surface area contributed by atoms with Crippen molar-refractivity contribution in [1.29, 1.82) is 0 Å². The summed E-state index contributed by atoms with van der Waals surface area (Å²) >= 11 is 0. The van der Waals surface area contributed by atoms with Crippen LogP contribution in [0.4, 0.5) is 5.69 Å². The second-order valence-electron chi connectivity index (χ2n) is 5.75. The van der Waals surface area contributed by atoms with E-state index in [9.17, 15) is 0 Å². The van der Waals surface area contributed by atoms with Crippen LogP contribution in [0.5, 0.6) is 0 Å². The quantitative estimate of drug-likeness (QED) is 0.890. The van der Waals surface area contributed by atoms with Crippen LogP contribution < -0.4 is 10.2 Å². The number of nitrogens with zero attached hydrogens (tertiary/aromatic N) is 3. The molecule has 0 bridgehead atoms. The third kappa shape index (κ3) is 2.53. The standard InChI is InChI=1S/C14H26N4/c1-6-12-8-18(13(7-15-12)10(2)3)14-9-17(5)16-11(14)4/h9-10,12-13,15H,6-8H2,1-5H3. The van der Waals surface area contributed by atoms with Crippen molar-refractivity contribution in [1.82, 2.24) is 15.1 Å². The second kappa shape index (κ2) is 5.31. The molecule has 1 aromatic heterocycles. The zero-order chi connectivity index (χ0) is 13.3. The summed E-state index contributed by atoms with van der Waals surface area (Å²) < 4.78 is 1.92. The molecule has 2 atom stereocenters. The third-order valence-electron chi connectivity index (χ3n) is 3.99. The number of piperazine rings is 1. The molecule has 0 spiro atoms. The largest absolute Gasteiger partial charge is 0.363 e. The minimum atomic E-state index is 0.565. The number of aromatic nitrogens is 2. The van der Waals surface area contributed by atoms with E-state index < -0.39 is 0 Å². The van der Waals surface area contributed by atoms with Gasteiger partial charge < -0.3 is 10.2 Å². The van der Waals surface area contributed by atoms with Crippen molar-refractivity contribution >= 4 is 5.69 Å². The van der Waals surface area contributed by atoms with Crippen molar-refractivity contribution in [3.05, 3.63) is 11.9 Å². The molecule has 4 heteroatoms. The van der Waals surface area contributed by atoms with Gasteiger partial charge in [-0.15, -0.1) is 0 Å². The molecule has 4 nitrogen and oxygen atoms in total. The maximum atomic E-state index is 4.49. The summed E-state index contributed by atoms with van der Waals surface area (Å²) in [5, 5.41) is 8.14. The molecule has 0 aliphatic carbocycles. The molecule has 102 valence electrons. The van der Waals surface area contributed by atoms with Crippen LogP contribution in [0.25, 0.3) is 0 Å². The van der Waals surface area contributed by atoms with Gasteiger partial charge in [0.25, 0.3) is 0 Å². The molecule has 1 fully saturated rings. The van der Waals surface area contributed by atoms with Crippen LogP contribution in [0, 0.1) is 12.8 Å². The van der Waals surface area contributed by atoms with E-state index in [2.05, 4.69) is 49.2 Å². The minimum absolute atomic E-state index is 0.565. The van der Waals surface area contributed by atoms with E-state index >= 15 is 0 Å². The van der Waals surface area contributed by atoms with E-state index in [4.69, 9.17) is 0 Å². The summed E-state index contributed by atoms with van der Waals surface area (Å²) in [6.07, 6.45) is 3.34. The Morgan fingerprint density at radius 2 is 2.22 bits per heavy atom. The molecule has 0 saturated carbocycles. The normalized spacial score (nSPS) is 24.9. The lowest BCUT2D eigenvalue weighted by molar-refractivity contribution is 0.333. The molecule has 2 heterocycles. The molecule has 0 aromatic carbocycles. The first-order chi connectivity index (χ1) is 8.52. The van der Waals surface area contributed by atoms with Crippen LogP contribution in [0.3, 0.4) is 0 Å². The SMILES string of the molecule is CCC1CN(c2cn(C)nc2C)C(C(C)C)CN1. The fraction of sp³-hybridized carbons (Fsp3) is 0.786. The van der Waals surface area contributed by atoms with Gasteiger partial charge in [0.1, 0.15) is 0 Å². The summed E-state index contributed by atoms with van der Waals surface area (Å²) in [6, 6.07) is 1.16. The summed E-state index contributed by atoms with van der Waals surface area (Å²) in [5.74, 6) is 0.648. The van der Waals surface area contributed by atoms with E-state index in [1.165, 1.54) is 12.1 Å². The molecule has 0 amide bonds. The summed E-state index contributed by atoms with van der Waals surface area (Å²) in [6.45, 7) is 11.1. The predicted molar refractivity (Wildman–Crippen MR) is 76.0 cm³/mol. The Morgan fingerprint density at radius 3 is 2.72 bits per heavy atom. The van der Waals surface area contributed by atoms with Gasteiger partial charge in [0.15, 0.2) is 0 Å². The van der Waals surface area contributed by atoms with E-state index in [0.717, 1.165) is 18.8 Å². The van der Waals surface area contributed by atoms with Crippen LogP contribution in [0.1, 0.15) is 32.9 Å². The first-order valence-electron chi connectivity index (χ1n) is 7.03. The first kappa shape index (κ1) is 13.4. The molecule has 18 heavy (non-hydrogen) atoms. The topological polar surface area (TPSA) is 33.1 Å². The average Bonchev–Trinajstić information content (AvgIpc) is 2.67. The van der Waals surface area contributed by atoms with E-state index in [1.807, 2.05) is 11.7 Å². The highest BCUT2D eigenvalue weighted by atomic mass is 15.3. The van der Waals surface area contributed by atoms with E-state index in [1.54, 1.807) is 0 Å². The summed E-state index contributed by atoms with van der Waals surface area (Å²) in [5.41, 5.74) is 2.44. The van der Waals surface area contributed by atoms with Crippen molar-refractivity contribution < 1.29 is 0 Å². The zero-order valence-corrected chi connectivity index (χ0v) is 12.3. The molecule has 1 saturated heterocycles. The highest BCUT2D eigenvalue weighted by molar-refractivity contribution is 5.50. The highest BCUT2D eigenvalue weighted by Crippen LogP contribution is 2.26. The van der Waals surface area contributed by atoms with Gasteiger partial charge >= 0.3 is 0 Å². The van der Waals surface area contributed by atoms with Crippen LogP contribution >= 0.6 is 0 Å². The van der Waals surface area contributed by atoms with E-state index in [0.29, 0.717) is 18.0 Å². The molecule has 1 aromatic rings. The molecule has 2 unspecified atom stereocenters. The van der Waals surface area contributed by atoms with Crippen LogP contribution in [-0.2, 0) is 7.05 Å². The molecular formula is C14H26N4. The number of nitrogens with one attached hydrogen (secondary N) is 1. The molecule has 0 radical (unpaired) electrons. The van der Waals surface area contributed by atoms with Gasteiger partial charge in [-0.1, -0.05) is 20.8 Å². The number of anilines is 1. The zero-order valence-electron chi connectivity index (χ0n) is 12.3. The van der Waals surface area contributed by atoms with Gasteiger partial charge in [0.2, 0.25) is 0 Å². The Balaban J connectivity index is 2.27. The average molecular weight is 250 g/mol. The molecule has 2 rings (SSSR count). The van der Waals surface area contributed by atoms with Gasteiger partial charge in [0, 0.05) is 38.4 Å². The van der Waals surface area contributed by atoms with Gasteiger partial charge in [-0.05, 0) is 19.3 Å². The van der Waals surface area contributed by atoms with Gasteiger partial charge in [0.05, 0.1) is 11.4 Å². The fourth-order valence-electron chi connectivity index (χ4n) is 2.85. The second-order valence-corrected chi connectivity index (χ2v) is 5.75. The Labute approximate surface area is 110 Å². The highest BCUT2D eigenvalue weighted by Gasteiger charge is 2.30. The van der Waals surface area contributed by atoms with Crippen molar-refractivity contribution in [3.8, 4) is 0 Å². The smallest absolute Gasteiger partial charge is 0.0827 e.